The molecule has 0 radical (unpaired) electrons. The Morgan fingerprint density at radius 2 is 2.24 bits per heavy atom. The van der Waals surface area contributed by atoms with E-state index < -0.39 is 0 Å². The van der Waals surface area contributed by atoms with E-state index in [-0.39, 0.29) is 0 Å². The zero-order valence-corrected chi connectivity index (χ0v) is 10.3. The minimum Gasteiger partial charge on any atom is -0.379 e. The number of nitrogens with one attached hydrogen (secondary N) is 1. The number of ether oxygens (including phenoxy) is 1. The van der Waals surface area contributed by atoms with Crippen LogP contribution in [0.25, 0.3) is 0 Å². The van der Waals surface area contributed by atoms with Gasteiger partial charge in [0.15, 0.2) is 0 Å². The Morgan fingerprint density at radius 3 is 3.12 bits per heavy atom. The van der Waals surface area contributed by atoms with E-state index in [2.05, 4.69) is 21.2 Å². The summed E-state index contributed by atoms with van der Waals surface area (Å²) in [6.45, 7) is 3.63. The molecule has 2 aliphatic rings. The SMILES string of the molecule is c1cc2n(n1)[C@@H](COCC1CCCC1)CNC2. The second-order valence-corrected chi connectivity index (χ2v) is 5.24. The molecule has 0 unspecified atom stereocenters. The Balaban J connectivity index is 1.49. The third-order valence-electron chi connectivity index (χ3n) is 3.92. The molecular weight excluding hydrogens is 214 g/mol. The molecule has 94 valence electrons. The van der Waals surface area contributed by atoms with E-state index in [1.807, 2.05) is 6.20 Å². The fraction of sp³-hybridized carbons (Fsp3) is 0.769. The molecule has 4 heteroatoms. The van der Waals surface area contributed by atoms with Crippen molar-refractivity contribution in [2.45, 2.75) is 38.3 Å². The van der Waals surface area contributed by atoms with Crippen LogP contribution in [-0.4, -0.2) is 29.5 Å². The van der Waals surface area contributed by atoms with E-state index in [1.165, 1.54) is 31.4 Å². The molecule has 1 saturated carbocycles. The standard InChI is InChI=1S/C13H21N3O/c1-2-4-11(3-1)9-17-10-13-8-14-7-12-5-6-15-16(12)13/h5-6,11,13-14H,1-4,7-10H2/t13-/m1/s1. The van der Waals surface area contributed by atoms with Gasteiger partial charge in [-0.15, -0.1) is 0 Å². The van der Waals surface area contributed by atoms with Crippen LogP contribution in [-0.2, 0) is 11.3 Å². The quantitative estimate of drug-likeness (QED) is 0.864. The van der Waals surface area contributed by atoms with Crippen LogP contribution in [0.4, 0.5) is 0 Å². The maximum absolute atomic E-state index is 5.88. The Bertz CT molecular complexity index is 357. The first kappa shape index (κ1) is 11.2. The molecule has 0 amide bonds. The van der Waals surface area contributed by atoms with Gasteiger partial charge >= 0.3 is 0 Å². The van der Waals surface area contributed by atoms with Gasteiger partial charge in [-0.1, -0.05) is 12.8 Å². The van der Waals surface area contributed by atoms with Crippen molar-refractivity contribution in [1.82, 2.24) is 15.1 Å². The van der Waals surface area contributed by atoms with Gasteiger partial charge in [0.25, 0.3) is 0 Å². The topological polar surface area (TPSA) is 39.1 Å². The lowest BCUT2D eigenvalue weighted by atomic mass is 10.1. The van der Waals surface area contributed by atoms with Crippen LogP contribution in [0.2, 0.25) is 0 Å². The van der Waals surface area contributed by atoms with Crippen molar-refractivity contribution in [3.8, 4) is 0 Å². The average molecular weight is 235 g/mol. The number of nitrogens with zero attached hydrogens (tertiary/aromatic N) is 2. The molecule has 17 heavy (non-hydrogen) atoms. The van der Waals surface area contributed by atoms with Crippen molar-refractivity contribution in [2.24, 2.45) is 5.92 Å². The smallest absolute Gasteiger partial charge is 0.0880 e. The molecule has 1 fully saturated rings. The summed E-state index contributed by atoms with van der Waals surface area (Å²) in [6.07, 6.45) is 7.38. The molecule has 1 atom stereocenters. The van der Waals surface area contributed by atoms with Gasteiger partial charge in [0, 0.05) is 25.9 Å². The second kappa shape index (κ2) is 5.19. The van der Waals surface area contributed by atoms with Crippen molar-refractivity contribution < 1.29 is 4.74 Å². The average Bonchev–Trinajstić information content (AvgIpc) is 2.99. The second-order valence-electron chi connectivity index (χ2n) is 5.24. The lowest BCUT2D eigenvalue weighted by Gasteiger charge is -2.25. The van der Waals surface area contributed by atoms with Crippen LogP contribution in [0, 0.1) is 5.92 Å². The van der Waals surface area contributed by atoms with Crippen molar-refractivity contribution in [3.05, 3.63) is 18.0 Å². The summed E-state index contributed by atoms with van der Waals surface area (Å²) in [5.74, 6) is 0.809. The van der Waals surface area contributed by atoms with E-state index >= 15 is 0 Å². The number of hydrogen-bond donors (Lipinski definition) is 1. The number of aromatic nitrogens is 2. The largest absolute Gasteiger partial charge is 0.379 e. The van der Waals surface area contributed by atoms with Gasteiger partial charge in [-0.25, -0.2) is 0 Å². The molecule has 0 bridgehead atoms. The highest BCUT2D eigenvalue weighted by atomic mass is 16.5. The minimum absolute atomic E-state index is 0.371. The summed E-state index contributed by atoms with van der Waals surface area (Å²) in [5, 5.41) is 7.80. The lowest BCUT2D eigenvalue weighted by molar-refractivity contribution is 0.0679. The van der Waals surface area contributed by atoms with Gasteiger partial charge in [-0.3, -0.25) is 4.68 Å². The molecule has 1 aliphatic heterocycles. The van der Waals surface area contributed by atoms with E-state index in [0.717, 1.165) is 32.2 Å². The fourth-order valence-electron chi connectivity index (χ4n) is 2.94. The van der Waals surface area contributed by atoms with Crippen LogP contribution in [0.5, 0.6) is 0 Å². The van der Waals surface area contributed by atoms with Crippen LogP contribution >= 0.6 is 0 Å². The van der Waals surface area contributed by atoms with Crippen molar-refractivity contribution in [3.63, 3.8) is 0 Å². The van der Waals surface area contributed by atoms with E-state index in [1.54, 1.807) is 0 Å². The van der Waals surface area contributed by atoms with Crippen LogP contribution < -0.4 is 5.32 Å². The third-order valence-corrected chi connectivity index (χ3v) is 3.92. The normalized spacial score (nSPS) is 25.1. The van der Waals surface area contributed by atoms with Crippen molar-refractivity contribution in [2.75, 3.05) is 19.8 Å². The summed E-state index contributed by atoms with van der Waals surface area (Å²) in [4.78, 5) is 0. The monoisotopic (exact) mass is 235 g/mol. The zero-order valence-electron chi connectivity index (χ0n) is 10.3. The molecule has 1 aliphatic carbocycles. The van der Waals surface area contributed by atoms with Gasteiger partial charge in [-0.2, -0.15) is 5.10 Å². The molecule has 4 nitrogen and oxygen atoms in total. The van der Waals surface area contributed by atoms with E-state index in [0.29, 0.717) is 6.04 Å². The number of rotatable bonds is 4. The first-order chi connectivity index (χ1) is 8.43. The Morgan fingerprint density at radius 1 is 1.35 bits per heavy atom. The number of fused-ring (bicyclic) bond motifs is 1. The Kier molecular flexibility index (Phi) is 3.43. The highest BCUT2D eigenvalue weighted by molar-refractivity contribution is 5.04. The summed E-state index contributed by atoms with van der Waals surface area (Å²) in [7, 11) is 0. The van der Waals surface area contributed by atoms with Gasteiger partial charge in [0.2, 0.25) is 0 Å². The number of hydrogen-bond acceptors (Lipinski definition) is 3. The van der Waals surface area contributed by atoms with Crippen LogP contribution in [0.1, 0.15) is 37.4 Å². The van der Waals surface area contributed by atoms with Crippen LogP contribution in [0.3, 0.4) is 0 Å². The summed E-state index contributed by atoms with van der Waals surface area (Å²) >= 11 is 0. The summed E-state index contributed by atoms with van der Waals surface area (Å²) < 4.78 is 8.00. The lowest BCUT2D eigenvalue weighted by Crippen LogP contribution is -2.36. The van der Waals surface area contributed by atoms with Crippen molar-refractivity contribution >= 4 is 0 Å². The first-order valence-corrected chi connectivity index (χ1v) is 6.74. The van der Waals surface area contributed by atoms with Gasteiger partial charge in [-0.05, 0) is 24.8 Å². The summed E-state index contributed by atoms with van der Waals surface area (Å²) in [6, 6.07) is 2.45. The van der Waals surface area contributed by atoms with Gasteiger partial charge < -0.3 is 10.1 Å². The zero-order chi connectivity index (χ0) is 11.5. The third kappa shape index (κ3) is 2.53. The maximum atomic E-state index is 5.88. The van der Waals surface area contributed by atoms with Crippen molar-refractivity contribution in [1.29, 1.82) is 0 Å². The minimum atomic E-state index is 0.371. The molecule has 0 spiro atoms. The van der Waals surface area contributed by atoms with E-state index in [4.69, 9.17) is 4.74 Å². The highest BCUT2D eigenvalue weighted by Crippen LogP contribution is 2.25. The fourth-order valence-corrected chi connectivity index (χ4v) is 2.94. The first-order valence-electron chi connectivity index (χ1n) is 6.74. The van der Waals surface area contributed by atoms with Gasteiger partial charge in [0.1, 0.15) is 0 Å². The molecule has 3 rings (SSSR count). The van der Waals surface area contributed by atoms with Gasteiger partial charge in [0.05, 0.1) is 18.3 Å². The molecule has 1 aromatic rings. The summed E-state index contributed by atoms with van der Waals surface area (Å²) in [5.41, 5.74) is 1.27. The molecule has 1 N–H and O–H groups in total. The maximum Gasteiger partial charge on any atom is 0.0880 e. The molecule has 2 heterocycles. The molecule has 1 aromatic heterocycles. The molecule has 0 saturated heterocycles. The van der Waals surface area contributed by atoms with E-state index in [9.17, 15) is 0 Å². The Labute approximate surface area is 102 Å². The molecule has 0 aromatic carbocycles. The predicted octanol–water partition coefficient (Wildman–Crippen LogP) is 1.73. The Hall–Kier alpha value is -0.870. The predicted molar refractivity (Wildman–Crippen MR) is 65.7 cm³/mol. The highest BCUT2D eigenvalue weighted by Gasteiger charge is 2.21. The molecular formula is C13H21N3O. The van der Waals surface area contributed by atoms with Crippen LogP contribution in [0.15, 0.2) is 12.3 Å².